The molecule has 1 unspecified atom stereocenters. The van der Waals surface area contributed by atoms with Gasteiger partial charge in [-0.05, 0) is 44.7 Å². The highest BCUT2D eigenvalue weighted by molar-refractivity contribution is 4.91. The second kappa shape index (κ2) is 5.89. The highest BCUT2D eigenvalue weighted by Crippen LogP contribution is 2.39. The van der Waals surface area contributed by atoms with Crippen LogP contribution in [0.1, 0.15) is 39.5 Å². The third-order valence-electron chi connectivity index (χ3n) is 5.27. The lowest BCUT2D eigenvalue weighted by molar-refractivity contribution is 0.0341. The molecule has 2 aliphatic rings. The van der Waals surface area contributed by atoms with Gasteiger partial charge in [0.05, 0.1) is 0 Å². The van der Waals surface area contributed by atoms with Gasteiger partial charge in [-0.3, -0.25) is 4.90 Å². The van der Waals surface area contributed by atoms with Crippen LogP contribution in [-0.4, -0.2) is 55.6 Å². The van der Waals surface area contributed by atoms with E-state index in [1.54, 1.807) is 0 Å². The van der Waals surface area contributed by atoms with Gasteiger partial charge in [0.25, 0.3) is 0 Å². The number of rotatable bonds is 3. The van der Waals surface area contributed by atoms with Crippen molar-refractivity contribution in [1.82, 2.24) is 9.80 Å². The predicted octanol–water partition coefficient (Wildman–Crippen LogP) is 1.78. The molecular weight excluding hydrogens is 222 g/mol. The minimum atomic E-state index is 0.413. The second-order valence-corrected chi connectivity index (χ2v) is 6.97. The molecule has 2 fully saturated rings. The molecule has 2 N–H and O–H groups in total. The first-order chi connectivity index (χ1) is 8.54. The molecule has 1 saturated carbocycles. The summed E-state index contributed by atoms with van der Waals surface area (Å²) in [4.78, 5) is 5.13. The predicted molar refractivity (Wildman–Crippen MR) is 77.7 cm³/mol. The molecule has 18 heavy (non-hydrogen) atoms. The summed E-state index contributed by atoms with van der Waals surface area (Å²) in [7, 11) is 2.23. The van der Waals surface area contributed by atoms with Crippen molar-refractivity contribution < 1.29 is 0 Å². The molecule has 3 heteroatoms. The first-order valence-electron chi connectivity index (χ1n) is 7.67. The van der Waals surface area contributed by atoms with E-state index < -0.39 is 0 Å². The summed E-state index contributed by atoms with van der Waals surface area (Å²) in [5.74, 6) is 0.912. The van der Waals surface area contributed by atoms with E-state index >= 15 is 0 Å². The molecule has 1 aliphatic heterocycles. The molecule has 0 spiro atoms. The number of nitrogens with two attached hydrogens (primary N) is 1. The van der Waals surface area contributed by atoms with Crippen molar-refractivity contribution >= 4 is 0 Å². The molecular formula is C15H31N3. The van der Waals surface area contributed by atoms with E-state index in [2.05, 4.69) is 30.7 Å². The smallest absolute Gasteiger partial charge is 0.0195 e. The number of hydrogen-bond donors (Lipinski definition) is 1. The van der Waals surface area contributed by atoms with Crippen LogP contribution in [-0.2, 0) is 0 Å². The number of hydrogen-bond acceptors (Lipinski definition) is 3. The van der Waals surface area contributed by atoms with E-state index in [4.69, 9.17) is 5.73 Å². The Kier molecular flexibility index (Phi) is 4.68. The molecule has 1 heterocycles. The number of likely N-dealkylation sites (N-methyl/N-ethyl adjacent to an activating group) is 1. The molecule has 1 saturated heterocycles. The zero-order valence-electron chi connectivity index (χ0n) is 12.5. The zero-order valence-corrected chi connectivity index (χ0v) is 12.5. The van der Waals surface area contributed by atoms with Gasteiger partial charge in [0.2, 0.25) is 0 Å². The van der Waals surface area contributed by atoms with Crippen molar-refractivity contribution in [2.75, 3.05) is 39.8 Å². The average molecular weight is 253 g/mol. The molecule has 0 aromatic heterocycles. The SMILES string of the molecule is CC1CCC(CN)(CN2CCN(C)CC2C)CC1. The van der Waals surface area contributed by atoms with Crippen molar-refractivity contribution in [2.24, 2.45) is 17.1 Å². The second-order valence-electron chi connectivity index (χ2n) is 6.97. The molecule has 0 amide bonds. The van der Waals surface area contributed by atoms with Crippen LogP contribution in [0.25, 0.3) is 0 Å². The fourth-order valence-corrected chi connectivity index (χ4v) is 3.64. The lowest BCUT2D eigenvalue weighted by atomic mass is 9.70. The Hall–Kier alpha value is -0.120. The molecule has 3 nitrogen and oxygen atoms in total. The average Bonchev–Trinajstić information content (AvgIpc) is 2.36. The molecule has 0 bridgehead atoms. The van der Waals surface area contributed by atoms with Gasteiger partial charge >= 0.3 is 0 Å². The van der Waals surface area contributed by atoms with Crippen molar-refractivity contribution in [1.29, 1.82) is 0 Å². The summed E-state index contributed by atoms with van der Waals surface area (Å²) < 4.78 is 0. The minimum absolute atomic E-state index is 0.413. The molecule has 1 aliphatic carbocycles. The fraction of sp³-hybridized carbons (Fsp3) is 1.00. The van der Waals surface area contributed by atoms with Gasteiger partial charge in [-0.15, -0.1) is 0 Å². The topological polar surface area (TPSA) is 32.5 Å². The lowest BCUT2D eigenvalue weighted by Crippen LogP contribution is -2.55. The Morgan fingerprint density at radius 3 is 2.39 bits per heavy atom. The summed E-state index contributed by atoms with van der Waals surface area (Å²) in [5.41, 5.74) is 6.55. The molecule has 106 valence electrons. The summed E-state index contributed by atoms with van der Waals surface area (Å²) in [5, 5.41) is 0. The lowest BCUT2D eigenvalue weighted by Gasteiger charge is -2.46. The quantitative estimate of drug-likeness (QED) is 0.832. The van der Waals surface area contributed by atoms with Gasteiger partial charge in [-0.1, -0.05) is 19.8 Å². The standard InChI is InChI=1S/C15H31N3/c1-13-4-6-15(11-16,7-5-13)12-18-9-8-17(3)10-14(18)2/h13-14H,4-12,16H2,1-3H3. The monoisotopic (exact) mass is 253 g/mol. The van der Waals surface area contributed by atoms with Crippen LogP contribution < -0.4 is 5.73 Å². The number of piperazine rings is 1. The van der Waals surface area contributed by atoms with E-state index in [9.17, 15) is 0 Å². The Labute approximate surface area is 113 Å². The van der Waals surface area contributed by atoms with Gasteiger partial charge in [-0.2, -0.15) is 0 Å². The zero-order chi connectivity index (χ0) is 13.2. The summed E-state index contributed by atoms with van der Waals surface area (Å²) in [6.07, 6.45) is 5.42. The van der Waals surface area contributed by atoms with E-state index in [0.717, 1.165) is 12.5 Å². The van der Waals surface area contributed by atoms with Crippen LogP contribution in [0.2, 0.25) is 0 Å². The maximum atomic E-state index is 6.14. The van der Waals surface area contributed by atoms with Crippen LogP contribution in [0.3, 0.4) is 0 Å². The summed E-state index contributed by atoms with van der Waals surface area (Å²) >= 11 is 0. The number of nitrogens with zero attached hydrogens (tertiary/aromatic N) is 2. The summed E-state index contributed by atoms with van der Waals surface area (Å²) in [6, 6.07) is 0.687. The van der Waals surface area contributed by atoms with E-state index in [-0.39, 0.29) is 0 Å². The van der Waals surface area contributed by atoms with Gasteiger partial charge in [0, 0.05) is 32.2 Å². The third kappa shape index (κ3) is 3.25. The van der Waals surface area contributed by atoms with Gasteiger partial charge < -0.3 is 10.6 Å². The molecule has 0 aromatic carbocycles. The molecule has 2 rings (SSSR count). The highest BCUT2D eigenvalue weighted by Gasteiger charge is 2.36. The van der Waals surface area contributed by atoms with Gasteiger partial charge in [0.15, 0.2) is 0 Å². The van der Waals surface area contributed by atoms with E-state index in [0.29, 0.717) is 11.5 Å². The van der Waals surface area contributed by atoms with Crippen molar-refractivity contribution in [3.05, 3.63) is 0 Å². The fourth-order valence-electron chi connectivity index (χ4n) is 3.64. The van der Waals surface area contributed by atoms with Crippen molar-refractivity contribution in [3.63, 3.8) is 0 Å². The first-order valence-corrected chi connectivity index (χ1v) is 7.67. The first kappa shape index (κ1) is 14.3. The molecule has 1 atom stereocenters. The molecule has 0 aromatic rings. The minimum Gasteiger partial charge on any atom is -0.330 e. The largest absolute Gasteiger partial charge is 0.330 e. The van der Waals surface area contributed by atoms with Crippen LogP contribution in [0.15, 0.2) is 0 Å². The Morgan fingerprint density at radius 2 is 1.83 bits per heavy atom. The Balaban J connectivity index is 1.93. The van der Waals surface area contributed by atoms with Crippen LogP contribution in [0, 0.1) is 11.3 Å². The summed E-state index contributed by atoms with van der Waals surface area (Å²) in [6.45, 7) is 10.5. The Morgan fingerprint density at radius 1 is 1.17 bits per heavy atom. The highest BCUT2D eigenvalue weighted by atomic mass is 15.3. The maximum Gasteiger partial charge on any atom is 0.0195 e. The third-order valence-corrected chi connectivity index (χ3v) is 5.27. The Bertz CT molecular complexity index is 258. The van der Waals surface area contributed by atoms with Crippen molar-refractivity contribution in [2.45, 2.75) is 45.6 Å². The molecule has 0 radical (unpaired) electrons. The van der Waals surface area contributed by atoms with Crippen molar-refractivity contribution in [3.8, 4) is 0 Å². The van der Waals surface area contributed by atoms with Crippen LogP contribution in [0.4, 0.5) is 0 Å². The van der Waals surface area contributed by atoms with Crippen LogP contribution in [0.5, 0.6) is 0 Å². The van der Waals surface area contributed by atoms with Crippen LogP contribution >= 0.6 is 0 Å². The van der Waals surface area contributed by atoms with Gasteiger partial charge in [-0.25, -0.2) is 0 Å². The van der Waals surface area contributed by atoms with Gasteiger partial charge in [0.1, 0.15) is 0 Å². The van der Waals surface area contributed by atoms with E-state index in [1.807, 2.05) is 0 Å². The maximum absolute atomic E-state index is 6.14. The van der Waals surface area contributed by atoms with E-state index in [1.165, 1.54) is 51.9 Å². The normalized spacial score (nSPS) is 40.0.